The summed E-state index contributed by atoms with van der Waals surface area (Å²) in [6.45, 7) is 6.27. The number of carbonyl (C=O) groups is 1. The van der Waals surface area contributed by atoms with Gasteiger partial charge in [-0.1, -0.05) is 38.5 Å². The number of ether oxygens (including phenoxy) is 3. The number of hydrogen-bond acceptors (Lipinski definition) is 8. The van der Waals surface area contributed by atoms with Gasteiger partial charge in [0.2, 0.25) is 0 Å². The summed E-state index contributed by atoms with van der Waals surface area (Å²) in [5.74, 6) is 1.83. The van der Waals surface area contributed by atoms with E-state index < -0.39 is 47.4 Å². The largest absolute Gasteiger partial charge is 0.462 e. The molecule has 39 heavy (non-hydrogen) atoms. The van der Waals surface area contributed by atoms with Crippen molar-refractivity contribution in [3.63, 3.8) is 0 Å². The zero-order valence-corrected chi connectivity index (χ0v) is 22.2. The van der Waals surface area contributed by atoms with Crippen molar-refractivity contribution in [2.75, 3.05) is 52.5 Å². The number of unbranched alkanes of at least 4 members (excludes halogenated alkanes) is 4. The second-order valence-corrected chi connectivity index (χ2v) is 9.84. The van der Waals surface area contributed by atoms with E-state index in [0.717, 1.165) is 32.7 Å². The number of nitrogens with zero attached hydrogens (tertiary/aromatic N) is 3. The molecule has 1 aromatic rings. The molecule has 1 N–H and O–H groups in total. The van der Waals surface area contributed by atoms with Crippen LogP contribution in [0.15, 0.2) is 15.8 Å². The highest BCUT2D eigenvalue weighted by molar-refractivity contribution is 5.71. The molecule has 0 bridgehead atoms. The quantitative estimate of drug-likeness (QED) is 0.223. The molecule has 0 saturated carbocycles. The van der Waals surface area contributed by atoms with E-state index in [4.69, 9.17) is 20.6 Å². The van der Waals surface area contributed by atoms with Crippen LogP contribution in [0.2, 0.25) is 0 Å². The Morgan fingerprint density at radius 2 is 1.85 bits per heavy atom. The van der Waals surface area contributed by atoms with Gasteiger partial charge in [0.15, 0.2) is 0 Å². The van der Waals surface area contributed by atoms with Crippen LogP contribution in [0.1, 0.15) is 57.2 Å². The summed E-state index contributed by atoms with van der Waals surface area (Å²) in [5, 5.41) is 0. The predicted octanol–water partition coefficient (Wildman–Crippen LogP) is 1.99. The van der Waals surface area contributed by atoms with Crippen LogP contribution in [0, 0.1) is 12.3 Å². The molecule has 13 heteroatoms. The third kappa shape index (κ3) is 9.20. The summed E-state index contributed by atoms with van der Waals surface area (Å²) >= 11 is 0. The SMILES string of the molecule is C#CCO[C@H]1C[C@H](n2cc(C(F)(F)F)c(=O)[nH]c2=O)O[C@@H]1COC(=O)CN1CCN(CCCCCCC)CC1. The molecule has 3 heterocycles. The summed E-state index contributed by atoms with van der Waals surface area (Å²) in [6, 6.07) is 0. The van der Waals surface area contributed by atoms with Gasteiger partial charge in [0.25, 0.3) is 5.56 Å². The molecule has 0 radical (unpaired) electrons. The normalized spacial score (nSPS) is 22.6. The number of terminal acetylenes is 1. The molecule has 2 aliphatic rings. The number of H-pyrrole nitrogens is 1. The lowest BCUT2D eigenvalue weighted by molar-refractivity contribution is -0.153. The average Bonchev–Trinajstić information content (AvgIpc) is 3.29. The van der Waals surface area contributed by atoms with E-state index in [9.17, 15) is 27.6 Å². The highest BCUT2D eigenvalue weighted by atomic mass is 19.4. The van der Waals surface area contributed by atoms with Crippen LogP contribution in [0.25, 0.3) is 0 Å². The Kier molecular flexibility index (Phi) is 11.6. The summed E-state index contributed by atoms with van der Waals surface area (Å²) < 4.78 is 56.9. The molecule has 218 valence electrons. The average molecular weight is 559 g/mol. The highest BCUT2D eigenvalue weighted by Crippen LogP contribution is 2.32. The van der Waals surface area contributed by atoms with Crippen LogP contribution < -0.4 is 11.2 Å². The van der Waals surface area contributed by atoms with Gasteiger partial charge < -0.3 is 19.1 Å². The van der Waals surface area contributed by atoms with Gasteiger partial charge >= 0.3 is 17.8 Å². The molecule has 0 amide bonds. The van der Waals surface area contributed by atoms with Crippen LogP contribution in [-0.4, -0.2) is 90.0 Å². The number of esters is 1. The minimum absolute atomic E-state index is 0.0342. The van der Waals surface area contributed by atoms with Gasteiger partial charge in [-0.15, -0.1) is 6.42 Å². The van der Waals surface area contributed by atoms with E-state index in [1.807, 2.05) is 4.90 Å². The van der Waals surface area contributed by atoms with Crippen LogP contribution in [0.5, 0.6) is 0 Å². The van der Waals surface area contributed by atoms with E-state index in [0.29, 0.717) is 10.8 Å². The van der Waals surface area contributed by atoms with Crippen molar-refractivity contribution >= 4 is 5.97 Å². The van der Waals surface area contributed by atoms with Crippen molar-refractivity contribution < 1.29 is 32.2 Å². The summed E-state index contributed by atoms with van der Waals surface area (Å²) in [4.78, 5) is 42.5. The first kappa shape index (κ1) is 30.9. The van der Waals surface area contributed by atoms with Crippen LogP contribution in [0.4, 0.5) is 13.2 Å². The minimum Gasteiger partial charge on any atom is -0.462 e. The number of halogens is 3. The molecule has 3 rings (SSSR count). The number of aromatic nitrogens is 2. The molecule has 1 aromatic heterocycles. The third-order valence-electron chi connectivity index (χ3n) is 6.95. The number of rotatable bonds is 13. The van der Waals surface area contributed by atoms with E-state index in [1.165, 1.54) is 32.1 Å². The lowest BCUT2D eigenvalue weighted by Gasteiger charge is -2.34. The Morgan fingerprint density at radius 3 is 2.51 bits per heavy atom. The molecule has 2 aliphatic heterocycles. The number of carbonyl (C=O) groups excluding carboxylic acids is 1. The maximum Gasteiger partial charge on any atom is 0.423 e. The molecule has 3 atom stereocenters. The predicted molar refractivity (Wildman–Crippen MR) is 136 cm³/mol. The van der Waals surface area contributed by atoms with E-state index >= 15 is 0 Å². The zero-order chi connectivity index (χ0) is 28.4. The lowest BCUT2D eigenvalue weighted by atomic mass is 10.1. The standard InChI is InChI=1S/C26H37F3N4O6/c1-3-5-6-7-8-9-31-10-12-32(13-11-31)17-23(34)38-18-21-20(37-14-4-2)15-22(39-21)33-16-19(26(27,28)29)24(35)30-25(33)36/h2,16,20-22H,3,5-15,17-18H2,1H3,(H,30,35,36)/t20-,21+,22+/m0/s1. The van der Waals surface area contributed by atoms with Gasteiger partial charge in [0.05, 0.1) is 12.6 Å². The topological polar surface area (TPSA) is 106 Å². The second kappa shape index (κ2) is 14.6. The van der Waals surface area contributed by atoms with Gasteiger partial charge in [-0.05, 0) is 13.0 Å². The first-order valence-corrected chi connectivity index (χ1v) is 13.4. The second-order valence-electron chi connectivity index (χ2n) is 9.84. The number of piperazine rings is 1. The highest BCUT2D eigenvalue weighted by Gasteiger charge is 2.40. The molecule has 2 fully saturated rings. The Bertz CT molecular complexity index is 1090. The molecule has 0 unspecified atom stereocenters. The molecule has 0 spiro atoms. The van der Waals surface area contributed by atoms with Crippen molar-refractivity contribution in [3.05, 3.63) is 32.6 Å². The lowest BCUT2D eigenvalue weighted by Crippen LogP contribution is -2.48. The fourth-order valence-electron chi connectivity index (χ4n) is 4.77. The van der Waals surface area contributed by atoms with Gasteiger partial charge in [-0.2, -0.15) is 13.2 Å². The molecule has 2 saturated heterocycles. The number of nitrogens with one attached hydrogen (secondary N) is 1. The number of hydrogen-bond donors (Lipinski definition) is 1. The maximum absolute atomic E-state index is 13.2. The first-order valence-electron chi connectivity index (χ1n) is 13.4. The van der Waals surface area contributed by atoms with Gasteiger partial charge in [0.1, 0.15) is 31.1 Å². The number of alkyl halides is 3. The Labute approximate surface area is 225 Å². The van der Waals surface area contributed by atoms with Gasteiger partial charge in [-0.25, -0.2) is 4.79 Å². The van der Waals surface area contributed by atoms with E-state index in [2.05, 4.69) is 17.7 Å². The molecular formula is C26H37F3N4O6. The minimum atomic E-state index is -4.96. The van der Waals surface area contributed by atoms with E-state index in [1.54, 1.807) is 4.98 Å². The zero-order valence-electron chi connectivity index (χ0n) is 22.2. The van der Waals surface area contributed by atoms with Crippen molar-refractivity contribution in [1.82, 2.24) is 19.4 Å². The van der Waals surface area contributed by atoms with E-state index in [-0.39, 0.29) is 26.2 Å². The summed E-state index contributed by atoms with van der Waals surface area (Å²) in [5.41, 5.74) is -4.13. The van der Waals surface area contributed by atoms with Gasteiger partial charge in [-0.3, -0.25) is 24.0 Å². The van der Waals surface area contributed by atoms with Crippen LogP contribution in [0.3, 0.4) is 0 Å². The summed E-state index contributed by atoms with van der Waals surface area (Å²) in [7, 11) is 0. The fraction of sp³-hybridized carbons (Fsp3) is 0.731. The first-order chi connectivity index (χ1) is 18.6. The van der Waals surface area contributed by atoms with Crippen molar-refractivity contribution in [2.45, 2.75) is 70.1 Å². The van der Waals surface area contributed by atoms with Crippen LogP contribution >= 0.6 is 0 Å². The van der Waals surface area contributed by atoms with Crippen molar-refractivity contribution in [2.24, 2.45) is 0 Å². The molecule has 10 nitrogen and oxygen atoms in total. The maximum atomic E-state index is 13.2. The monoisotopic (exact) mass is 558 g/mol. The van der Waals surface area contributed by atoms with Crippen LogP contribution in [-0.2, 0) is 25.2 Å². The Hall–Kier alpha value is -2.66. The molecular weight excluding hydrogens is 521 g/mol. The smallest absolute Gasteiger partial charge is 0.423 e. The third-order valence-corrected chi connectivity index (χ3v) is 6.95. The van der Waals surface area contributed by atoms with Gasteiger partial charge in [0, 0.05) is 38.8 Å². The molecule has 0 aliphatic carbocycles. The Morgan fingerprint density at radius 1 is 1.15 bits per heavy atom. The summed E-state index contributed by atoms with van der Waals surface area (Å²) in [6.07, 6.45) is 4.05. The fourth-order valence-corrected chi connectivity index (χ4v) is 4.77. The van der Waals surface area contributed by atoms with Crippen molar-refractivity contribution in [3.8, 4) is 12.3 Å². The Balaban J connectivity index is 1.51. The molecule has 0 aromatic carbocycles. The van der Waals surface area contributed by atoms with Crippen molar-refractivity contribution in [1.29, 1.82) is 0 Å². The number of aromatic amines is 1.